The van der Waals surface area contributed by atoms with Crippen LogP contribution in [-0.2, 0) is 4.74 Å². The summed E-state index contributed by atoms with van der Waals surface area (Å²) in [6.45, 7) is 1.52. The molecular formula is C8H14N2O. The van der Waals surface area contributed by atoms with Crippen molar-refractivity contribution in [3.05, 3.63) is 23.5 Å². The first-order valence-electron chi connectivity index (χ1n) is 3.60. The Morgan fingerprint density at radius 2 is 2.45 bits per heavy atom. The van der Waals surface area contributed by atoms with Gasteiger partial charge in [0.2, 0.25) is 0 Å². The van der Waals surface area contributed by atoms with Crippen LogP contribution in [0.5, 0.6) is 0 Å². The van der Waals surface area contributed by atoms with E-state index in [1.54, 1.807) is 7.11 Å². The zero-order valence-corrected chi connectivity index (χ0v) is 7.00. The molecule has 0 bridgehead atoms. The minimum atomic E-state index is 0.647. The molecule has 0 unspecified atom stereocenters. The lowest BCUT2D eigenvalue weighted by Crippen LogP contribution is -2.26. The van der Waals surface area contributed by atoms with Gasteiger partial charge in [-0.3, -0.25) is 0 Å². The Kier molecular flexibility index (Phi) is 2.54. The highest BCUT2D eigenvalue weighted by molar-refractivity contribution is 5.26. The number of likely N-dealkylation sites (N-methyl/N-ethyl adjacent to an activating group) is 1. The van der Waals surface area contributed by atoms with E-state index in [2.05, 4.69) is 6.08 Å². The Labute approximate surface area is 67.1 Å². The van der Waals surface area contributed by atoms with Gasteiger partial charge in [0.05, 0.1) is 12.4 Å². The first kappa shape index (κ1) is 8.14. The number of methoxy groups -OCH3 is 1. The minimum Gasteiger partial charge on any atom is -0.385 e. The molecule has 11 heavy (non-hydrogen) atoms. The Bertz CT molecular complexity index is 196. The quantitative estimate of drug-likeness (QED) is 0.622. The van der Waals surface area contributed by atoms with Crippen LogP contribution < -0.4 is 5.73 Å². The molecule has 0 aromatic rings. The molecule has 62 valence electrons. The monoisotopic (exact) mass is 154 g/mol. The van der Waals surface area contributed by atoms with E-state index in [1.165, 1.54) is 0 Å². The summed E-state index contributed by atoms with van der Waals surface area (Å²) in [4.78, 5) is 1.99. The van der Waals surface area contributed by atoms with Gasteiger partial charge >= 0.3 is 0 Å². The van der Waals surface area contributed by atoms with Crippen LogP contribution in [-0.4, -0.2) is 32.2 Å². The van der Waals surface area contributed by atoms with E-state index >= 15 is 0 Å². The van der Waals surface area contributed by atoms with Crippen LogP contribution in [0.4, 0.5) is 0 Å². The van der Waals surface area contributed by atoms with Crippen molar-refractivity contribution in [2.75, 3.05) is 27.3 Å². The molecule has 0 amide bonds. The molecule has 0 spiro atoms. The lowest BCUT2D eigenvalue weighted by atomic mass is 10.2. The first-order valence-corrected chi connectivity index (χ1v) is 3.60. The predicted molar refractivity (Wildman–Crippen MR) is 44.9 cm³/mol. The molecule has 3 heteroatoms. The minimum absolute atomic E-state index is 0.647. The molecule has 0 saturated heterocycles. The van der Waals surface area contributed by atoms with Crippen LogP contribution in [0.3, 0.4) is 0 Å². The SMILES string of the molecule is COCC1=CCN(C)C(N)=C1. The third-order valence-electron chi connectivity index (χ3n) is 1.71. The number of rotatable bonds is 2. The van der Waals surface area contributed by atoms with Crippen LogP contribution in [0.25, 0.3) is 0 Å². The maximum atomic E-state index is 5.69. The third-order valence-corrected chi connectivity index (χ3v) is 1.71. The van der Waals surface area contributed by atoms with Gasteiger partial charge in [-0.15, -0.1) is 0 Å². The highest BCUT2D eigenvalue weighted by Crippen LogP contribution is 2.08. The lowest BCUT2D eigenvalue weighted by Gasteiger charge is -2.22. The molecule has 3 nitrogen and oxygen atoms in total. The van der Waals surface area contributed by atoms with Gasteiger partial charge < -0.3 is 15.4 Å². The fourth-order valence-corrected chi connectivity index (χ4v) is 0.986. The number of nitrogens with zero attached hydrogens (tertiary/aromatic N) is 1. The van der Waals surface area contributed by atoms with Gasteiger partial charge in [0, 0.05) is 20.7 Å². The zero-order valence-electron chi connectivity index (χ0n) is 7.00. The number of hydrogen-bond acceptors (Lipinski definition) is 3. The number of nitrogens with two attached hydrogens (primary N) is 1. The van der Waals surface area contributed by atoms with Crippen molar-refractivity contribution in [1.29, 1.82) is 0 Å². The molecule has 2 N–H and O–H groups in total. The van der Waals surface area contributed by atoms with E-state index in [0.717, 1.165) is 17.9 Å². The first-order chi connectivity index (χ1) is 5.24. The highest BCUT2D eigenvalue weighted by Gasteiger charge is 2.05. The van der Waals surface area contributed by atoms with E-state index in [0.29, 0.717) is 6.61 Å². The van der Waals surface area contributed by atoms with Crippen LogP contribution in [0, 0.1) is 0 Å². The molecule has 0 aromatic carbocycles. The molecule has 0 saturated carbocycles. The summed E-state index contributed by atoms with van der Waals surface area (Å²) in [5.41, 5.74) is 6.85. The molecule has 1 rings (SSSR count). The fraction of sp³-hybridized carbons (Fsp3) is 0.500. The number of ether oxygens (including phenoxy) is 1. The molecule has 0 aliphatic carbocycles. The maximum absolute atomic E-state index is 5.69. The van der Waals surface area contributed by atoms with Crippen LogP contribution in [0.2, 0.25) is 0 Å². The van der Waals surface area contributed by atoms with Crippen molar-refractivity contribution >= 4 is 0 Å². The van der Waals surface area contributed by atoms with Gasteiger partial charge in [0.1, 0.15) is 0 Å². The molecule has 1 aliphatic rings. The van der Waals surface area contributed by atoms with Crippen LogP contribution in [0.15, 0.2) is 23.5 Å². The largest absolute Gasteiger partial charge is 0.385 e. The third kappa shape index (κ3) is 1.98. The summed E-state index contributed by atoms with van der Waals surface area (Å²) < 4.78 is 4.98. The highest BCUT2D eigenvalue weighted by atomic mass is 16.5. The number of hydrogen-bond donors (Lipinski definition) is 1. The summed E-state index contributed by atoms with van der Waals surface area (Å²) in [7, 11) is 3.65. The standard InChI is InChI=1S/C8H14N2O/c1-10-4-3-7(6-11-2)5-8(10)9/h3,5H,4,6,9H2,1-2H3. The van der Waals surface area contributed by atoms with E-state index in [1.807, 2.05) is 18.0 Å². The van der Waals surface area contributed by atoms with Crippen LogP contribution in [0.1, 0.15) is 0 Å². The molecule has 1 heterocycles. The summed E-state index contributed by atoms with van der Waals surface area (Å²) in [6, 6.07) is 0. The topological polar surface area (TPSA) is 38.5 Å². The van der Waals surface area contributed by atoms with E-state index in [4.69, 9.17) is 10.5 Å². The second-order valence-electron chi connectivity index (χ2n) is 2.66. The average molecular weight is 154 g/mol. The maximum Gasteiger partial charge on any atom is 0.0990 e. The molecule has 0 radical (unpaired) electrons. The smallest absolute Gasteiger partial charge is 0.0990 e. The molecule has 0 atom stereocenters. The van der Waals surface area contributed by atoms with Crippen molar-refractivity contribution in [1.82, 2.24) is 4.90 Å². The van der Waals surface area contributed by atoms with E-state index in [-0.39, 0.29) is 0 Å². The average Bonchev–Trinajstić information content (AvgIpc) is 1.98. The molecule has 1 aliphatic heterocycles. The van der Waals surface area contributed by atoms with Gasteiger partial charge in [-0.1, -0.05) is 6.08 Å². The van der Waals surface area contributed by atoms with E-state index < -0.39 is 0 Å². The van der Waals surface area contributed by atoms with Crippen LogP contribution >= 0.6 is 0 Å². The normalized spacial score (nSPS) is 17.8. The Hall–Kier alpha value is -0.960. The van der Waals surface area contributed by atoms with Gasteiger partial charge in [0.25, 0.3) is 0 Å². The van der Waals surface area contributed by atoms with Crippen molar-refractivity contribution in [2.45, 2.75) is 0 Å². The Morgan fingerprint density at radius 3 is 3.00 bits per heavy atom. The molecule has 0 aromatic heterocycles. The Balaban J connectivity index is 2.59. The van der Waals surface area contributed by atoms with Crippen molar-refractivity contribution in [2.24, 2.45) is 5.73 Å². The van der Waals surface area contributed by atoms with Gasteiger partial charge in [0.15, 0.2) is 0 Å². The summed E-state index contributed by atoms with van der Waals surface area (Å²) in [5.74, 6) is 0.805. The Morgan fingerprint density at radius 1 is 1.73 bits per heavy atom. The van der Waals surface area contributed by atoms with Gasteiger partial charge in [-0.05, 0) is 11.6 Å². The van der Waals surface area contributed by atoms with Gasteiger partial charge in [-0.2, -0.15) is 0 Å². The van der Waals surface area contributed by atoms with Gasteiger partial charge in [-0.25, -0.2) is 0 Å². The van der Waals surface area contributed by atoms with Crippen molar-refractivity contribution in [3.8, 4) is 0 Å². The van der Waals surface area contributed by atoms with Crippen molar-refractivity contribution in [3.63, 3.8) is 0 Å². The predicted octanol–water partition coefficient (Wildman–Crippen LogP) is 0.305. The summed E-state index contributed by atoms with van der Waals surface area (Å²) in [6.07, 6.45) is 4.05. The summed E-state index contributed by atoms with van der Waals surface area (Å²) >= 11 is 0. The lowest BCUT2D eigenvalue weighted by molar-refractivity contribution is 0.226. The molecular weight excluding hydrogens is 140 g/mol. The van der Waals surface area contributed by atoms with E-state index in [9.17, 15) is 0 Å². The molecule has 0 fully saturated rings. The second-order valence-corrected chi connectivity index (χ2v) is 2.66. The fourth-order valence-electron chi connectivity index (χ4n) is 0.986. The second kappa shape index (κ2) is 3.44. The van der Waals surface area contributed by atoms with Crippen molar-refractivity contribution < 1.29 is 4.74 Å². The summed E-state index contributed by atoms with van der Waals surface area (Å²) in [5, 5.41) is 0. The zero-order chi connectivity index (χ0) is 8.27.